The van der Waals surface area contributed by atoms with E-state index in [1.807, 2.05) is 0 Å². The fraction of sp³-hybridized carbons (Fsp3) is 0.500. The first-order chi connectivity index (χ1) is 8.51. The van der Waals surface area contributed by atoms with Gasteiger partial charge in [0.1, 0.15) is 9.20 Å². The van der Waals surface area contributed by atoms with Crippen molar-refractivity contribution in [3.8, 4) is 0 Å². The van der Waals surface area contributed by atoms with Gasteiger partial charge in [0.2, 0.25) is 0 Å². The molecule has 0 amide bonds. The molecule has 2 heterocycles. The zero-order chi connectivity index (χ0) is 13.2. The molecule has 0 aliphatic carbocycles. The summed E-state index contributed by atoms with van der Waals surface area (Å²) in [5.74, 6) is 0. The van der Waals surface area contributed by atoms with Gasteiger partial charge >= 0.3 is 0 Å². The Hall–Kier alpha value is -0.540. The molecule has 2 N–H and O–H groups in total. The Kier molecular flexibility index (Phi) is 4.33. The lowest BCUT2D eigenvalue weighted by atomic mass is 10.5. The highest BCUT2D eigenvalue weighted by atomic mass is 32.2. The maximum absolute atomic E-state index is 12.4. The van der Waals surface area contributed by atoms with E-state index in [1.165, 1.54) is 4.31 Å². The molecular formula is C10H14N2O3S3. The molecule has 18 heavy (non-hydrogen) atoms. The summed E-state index contributed by atoms with van der Waals surface area (Å²) in [7, 11) is -3.44. The van der Waals surface area contributed by atoms with Gasteiger partial charge in [0.25, 0.3) is 10.0 Å². The molecule has 0 radical (unpaired) electrons. The van der Waals surface area contributed by atoms with E-state index >= 15 is 0 Å². The van der Waals surface area contributed by atoms with Gasteiger partial charge in [0.15, 0.2) is 0 Å². The Morgan fingerprint density at radius 1 is 1.39 bits per heavy atom. The SMILES string of the molecule is NC(=S)c1ccc(S(=O)(=O)N2CCCOCC2)s1. The first-order valence-electron chi connectivity index (χ1n) is 5.49. The van der Waals surface area contributed by atoms with Gasteiger partial charge in [0.05, 0.1) is 11.5 Å². The third-order valence-electron chi connectivity index (χ3n) is 2.60. The molecule has 100 valence electrons. The number of nitrogens with zero attached hydrogens (tertiary/aromatic N) is 1. The molecule has 1 aromatic rings. The van der Waals surface area contributed by atoms with Crippen LogP contribution in [0.2, 0.25) is 0 Å². The average molecular weight is 306 g/mol. The molecule has 1 saturated heterocycles. The first-order valence-corrected chi connectivity index (χ1v) is 8.16. The van der Waals surface area contributed by atoms with E-state index in [9.17, 15) is 8.42 Å². The molecule has 1 aliphatic rings. The van der Waals surface area contributed by atoms with Gasteiger partial charge in [-0.15, -0.1) is 11.3 Å². The lowest BCUT2D eigenvalue weighted by molar-refractivity contribution is 0.148. The number of rotatable bonds is 3. The molecule has 2 rings (SSSR count). The number of sulfonamides is 1. The van der Waals surface area contributed by atoms with Crippen LogP contribution >= 0.6 is 23.6 Å². The number of nitrogens with two attached hydrogens (primary N) is 1. The van der Waals surface area contributed by atoms with E-state index in [1.54, 1.807) is 12.1 Å². The minimum atomic E-state index is -3.44. The van der Waals surface area contributed by atoms with Crippen molar-refractivity contribution in [1.29, 1.82) is 0 Å². The molecule has 8 heteroatoms. The summed E-state index contributed by atoms with van der Waals surface area (Å²) >= 11 is 5.95. The fourth-order valence-electron chi connectivity index (χ4n) is 1.68. The second-order valence-corrected chi connectivity index (χ2v) is 7.54. The van der Waals surface area contributed by atoms with Gasteiger partial charge < -0.3 is 10.5 Å². The van der Waals surface area contributed by atoms with E-state index in [0.29, 0.717) is 37.6 Å². The summed E-state index contributed by atoms with van der Waals surface area (Å²) in [5, 5.41) is 0. The molecule has 0 atom stereocenters. The molecule has 0 bridgehead atoms. The molecule has 0 unspecified atom stereocenters. The Morgan fingerprint density at radius 3 is 2.83 bits per heavy atom. The van der Waals surface area contributed by atoms with Crippen molar-refractivity contribution in [3.05, 3.63) is 17.0 Å². The maximum atomic E-state index is 12.4. The topological polar surface area (TPSA) is 72.6 Å². The van der Waals surface area contributed by atoms with E-state index in [0.717, 1.165) is 11.3 Å². The summed E-state index contributed by atoms with van der Waals surface area (Å²) < 4.78 is 31.7. The Morgan fingerprint density at radius 2 is 2.17 bits per heavy atom. The number of thiocarbonyl (C=S) groups is 1. The van der Waals surface area contributed by atoms with Crippen LogP contribution in [0.25, 0.3) is 0 Å². The van der Waals surface area contributed by atoms with E-state index < -0.39 is 10.0 Å². The van der Waals surface area contributed by atoms with Crippen molar-refractivity contribution >= 4 is 38.6 Å². The van der Waals surface area contributed by atoms with E-state index in [2.05, 4.69) is 0 Å². The van der Waals surface area contributed by atoms with Crippen molar-refractivity contribution in [2.75, 3.05) is 26.3 Å². The fourth-order valence-corrected chi connectivity index (χ4v) is 4.65. The van der Waals surface area contributed by atoms with Crippen molar-refractivity contribution in [1.82, 2.24) is 4.31 Å². The zero-order valence-corrected chi connectivity index (χ0v) is 12.1. The molecule has 0 spiro atoms. The summed E-state index contributed by atoms with van der Waals surface area (Å²) in [4.78, 5) is 0.843. The Bertz CT molecular complexity index is 530. The highest BCUT2D eigenvalue weighted by Crippen LogP contribution is 2.25. The van der Waals surface area contributed by atoms with Crippen molar-refractivity contribution in [2.45, 2.75) is 10.6 Å². The molecule has 1 aromatic heterocycles. The molecule has 0 aromatic carbocycles. The highest BCUT2D eigenvalue weighted by molar-refractivity contribution is 7.91. The average Bonchev–Trinajstić information content (AvgIpc) is 2.66. The summed E-state index contributed by atoms with van der Waals surface area (Å²) in [6.07, 6.45) is 0.715. The van der Waals surface area contributed by atoms with Crippen LogP contribution in [0, 0.1) is 0 Å². The number of thiophene rings is 1. The normalized spacial score (nSPS) is 18.4. The van der Waals surface area contributed by atoms with Crippen LogP contribution in [-0.2, 0) is 14.8 Å². The molecule has 0 saturated carbocycles. The van der Waals surface area contributed by atoms with Gasteiger partial charge in [-0.1, -0.05) is 12.2 Å². The summed E-state index contributed by atoms with van der Waals surface area (Å²) in [6, 6.07) is 3.20. The van der Waals surface area contributed by atoms with Gasteiger partial charge in [0, 0.05) is 19.7 Å². The number of hydrogen-bond donors (Lipinski definition) is 1. The Balaban J connectivity index is 2.25. The minimum Gasteiger partial charge on any atom is -0.389 e. The van der Waals surface area contributed by atoms with Gasteiger partial charge in [-0.05, 0) is 18.6 Å². The minimum absolute atomic E-state index is 0.223. The molecule has 1 aliphatic heterocycles. The van der Waals surface area contributed by atoms with Crippen LogP contribution < -0.4 is 5.73 Å². The zero-order valence-electron chi connectivity index (χ0n) is 9.66. The summed E-state index contributed by atoms with van der Waals surface area (Å²) in [6.45, 7) is 1.92. The van der Waals surface area contributed by atoms with Crippen molar-refractivity contribution in [3.63, 3.8) is 0 Å². The maximum Gasteiger partial charge on any atom is 0.252 e. The predicted octanol–water partition coefficient (Wildman–Crippen LogP) is 0.793. The van der Waals surface area contributed by atoms with Crippen LogP contribution in [0.4, 0.5) is 0 Å². The lowest BCUT2D eigenvalue weighted by Crippen LogP contribution is -2.32. The second kappa shape index (κ2) is 5.62. The highest BCUT2D eigenvalue weighted by Gasteiger charge is 2.27. The van der Waals surface area contributed by atoms with E-state index in [4.69, 9.17) is 22.7 Å². The monoisotopic (exact) mass is 306 g/mol. The third kappa shape index (κ3) is 2.89. The number of hydrogen-bond acceptors (Lipinski definition) is 5. The molecule has 5 nitrogen and oxygen atoms in total. The van der Waals surface area contributed by atoms with Crippen LogP contribution in [0.1, 0.15) is 11.3 Å². The van der Waals surface area contributed by atoms with Crippen LogP contribution in [0.5, 0.6) is 0 Å². The van der Waals surface area contributed by atoms with Crippen molar-refractivity contribution < 1.29 is 13.2 Å². The largest absolute Gasteiger partial charge is 0.389 e. The van der Waals surface area contributed by atoms with Crippen molar-refractivity contribution in [2.24, 2.45) is 5.73 Å². The van der Waals surface area contributed by atoms with Crippen LogP contribution in [0.3, 0.4) is 0 Å². The van der Waals surface area contributed by atoms with Crippen LogP contribution in [0.15, 0.2) is 16.3 Å². The second-order valence-electron chi connectivity index (χ2n) is 3.85. The quantitative estimate of drug-likeness (QED) is 0.836. The molecule has 1 fully saturated rings. The smallest absolute Gasteiger partial charge is 0.252 e. The van der Waals surface area contributed by atoms with Crippen LogP contribution in [-0.4, -0.2) is 44.0 Å². The first kappa shape index (κ1) is 13.9. The van der Waals surface area contributed by atoms with Gasteiger partial charge in [-0.3, -0.25) is 0 Å². The van der Waals surface area contributed by atoms with E-state index in [-0.39, 0.29) is 9.20 Å². The van der Waals surface area contributed by atoms with Gasteiger partial charge in [-0.2, -0.15) is 4.31 Å². The van der Waals surface area contributed by atoms with Gasteiger partial charge in [-0.25, -0.2) is 8.42 Å². The third-order valence-corrected chi connectivity index (χ3v) is 6.43. The standard InChI is InChI=1S/C10H14N2O3S3/c11-10(16)8-2-3-9(17-8)18(13,14)12-4-1-6-15-7-5-12/h2-3H,1,4-7H2,(H2,11,16). The Labute approximate surface area is 116 Å². The number of ether oxygens (including phenoxy) is 1. The molecular weight excluding hydrogens is 292 g/mol. The summed E-state index contributed by atoms with van der Waals surface area (Å²) in [5.41, 5.74) is 5.49. The lowest BCUT2D eigenvalue weighted by Gasteiger charge is -2.17. The predicted molar refractivity (Wildman–Crippen MR) is 74.4 cm³/mol.